The predicted molar refractivity (Wildman–Crippen MR) is 116 cm³/mol. The van der Waals surface area contributed by atoms with Crippen molar-refractivity contribution in [2.24, 2.45) is 10.4 Å². The molecule has 3 N–H and O–H groups in total. The van der Waals surface area contributed by atoms with E-state index in [9.17, 15) is 4.79 Å². The van der Waals surface area contributed by atoms with Gasteiger partial charge in [0.15, 0.2) is 5.96 Å². The van der Waals surface area contributed by atoms with Gasteiger partial charge in [0.1, 0.15) is 11.5 Å². The van der Waals surface area contributed by atoms with Crippen LogP contribution in [-0.2, 0) is 11.3 Å². The third-order valence-corrected chi connectivity index (χ3v) is 3.55. The summed E-state index contributed by atoms with van der Waals surface area (Å²) in [6.45, 7) is 7.33. The van der Waals surface area contributed by atoms with Crippen molar-refractivity contribution in [3.63, 3.8) is 0 Å². The van der Waals surface area contributed by atoms with Gasteiger partial charge in [-0.05, 0) is 12.1 Å². The number of benzene rings is 1. The first-order chi connectivity index (χ1) is 11.8. The number of ether oxygens (including phenoxy) is 2. The number of halogens is 1. The molecular weight excluding hydrogens is 447 g/mol. The summed E-state index contributed by atoms with van der Waals surface area (Å²) in [4.78, 5) is 16.0. The molecule has 1 rings (SSSR count). The van der Waals surface area contributed by atoms with Gasteiger partial charge in [-0.25, -0.2) is 0 Å². The average molecular weight is 478 g/mol. The second-order valence-electron chi connectivity index (χ2n) is 6.54. The third-order valence-electron chi connectivity index (χ3n) is 3.55. The van der Waals surface area contributed by atoms with Crippen molar-refractivity contribution < 1.29 is 14.3 Å². The van der Waals surface area contributed by atoms with Crippen molar-refractivity contribution in [3.05, 3.63) is 23.8 Å². The van der Waals surface area contributed by atoms with E-state index >= 15 is 0 Å². The maximum absolute atomic E-state index is 11.8. The Bertz CT molecular complexity index is 601. The quantitative estimate of drug-likeness (QED) is 0.242. The molecule has 0 saturated carbocycles. The maximum Gasteiger partial charge on any atom is 0.225 e. The second-order valence-corrected chi connectivity index (χ2v) is 6.54. The molecule has 1 aromatic rings. The van der Waals surface area contributed by atoms with Crippen LogP contribution in [0, 0.1) is 5.41 Å². The maximum atomic E-state index is 11.8. The lowest BCUT2D eigenvalue weighted by atomic mass is 9.96. The molecule has 0 fully saturated rings. The van der Waals surface area contributed by atoms with E-state index in [2.05, 4.69) is 20.9 Å². The van der Waals surface area contributed by atoms with Crippen LogP contribution in [0.25, 0.3) is 0 Å². The van der Waals surface area contributed by atoms with Crippen LogP contribution in [0.15, 0.2) is 23.2 Å². The van der Waals surface area contributed by atoms with E-state index in [1.165, 1.54) is 0 Å². The predicted octanol–water partition coefficient (Wildman–Crippen LogP) is 2.15. The molecule has 7 nitrogen and oxygen atoms in total. The number of nitrogens with one attached hydrogen (secondary N) is 3. The molecule has 0 aromatic heterocycles. The van der Waals surface area contributed by atoms with E-state index < -0.39 is 0 Å². The van der Waals surface area contributed by atoms with Gasteiger partial charge in [-0.1, -0.05) is 20.8 Å². The summed E-state index contributed by atoms with van der Waals surface area (Å²) < 4.78 is 10.6. The summed E-state index contributed by atoms with van der Waals surface area (Å²) in [6.07, 6.45) is 0. The molecule has 0 spiro atoms. The number of carbonyl (C=O) groups excluding carboxylic acids is 1. The molecule has 0 bridgehead atoms. The van der Waals surface area contributed by atoms with E-state index in [0.717, 1.165) is 17.1 Å². The standard InChI is InChI=1S/C18H30N4O3.HI/c1-18(2,3)16(23)20-9-10-21-17(19-4)22-12-13-7-8-14(24-5)11-15(13)25-6;/h7-8,11H,9-10,12H2,1-6H3,(H,20,23)(H2,19,21,22);1H. The summed E-state index contributed by atoms with van der Waals surface area (Å²) in [5, 5.41) is 9.28. The lowest BCUT2D eigenvalue weighted by molar-refractivity contribution is -0.128. The zero-order chi connectivity index (χ0) is 18.9. The zero-order valence-electron chi connectivity index (χ0n) is 16.4. The fourth-order valence-corrected chi connectivity index (χ4v) is 2.02. The molecule has 0 aliphatic heterocycles. The molecule has 0 heterocycles. The number of amides is 1. The van der Waals surface area contributed by atoms with Gasteiger partial charge in [0.05, 0.1) is 14.2 Å². The number of aliphatic imine (C=N–C) groups is 1. The Morgan fingerprint density at radius 1 is 1.08 bits per heavy atom. The van der Waals surface area contributed by atoms with Crippen LogP contribution in [-0.4, -0.2) is 46.2 Å². The lowest BCUT2D eigenvalue weighted by Gasteiger charge is -2.18. The van der Waals surface area contributed by atoms with E-state index in [-0.39, 0.29) is 35.3 Å². The minimum atomic E-state index is -0.384. The molecule has 0 aliphatic rings. The summed E-state index contributed by atoms with van der Waals surface area (Å²) in [6, 6.07) is 5.68. The highest BCUT2D eigenvalue weighted by Crippen LogP contribution is 2.24. The van der Waals surface area contributed by atoms with E-state index in [4.69, 9.17) is 9.47 Å². The molecule has 1 aromatic carbocycles. The van der Waals surface area contributed by atoms with E-state index in [1.807, 2.05) is 39.0 Å². The van der Waals surface area contributed by atoms with Crippen molar-refractivity contribution in [2.75, 3.05) is 34.4 Å². The van der Waals surface area contributed by atoms with Crippen molar-refractivity contribution in [3.8, 4) is 11.5 Å². The van der Waals surface area contributed by atoms with Gasteiger partial charge in [-0.3, -0.25) is 9.79 Å². The van der Waals surface area contributed by atoms with Gasteiger partial charge in [0, 0.05) is 43.7 Å². The van der Waals surface area contributed by atoms with Gasteiger partial charge in [0.2, 0.25) is 5.91 Å². The van der Waals surface area contributed by atoms with Crippen molar-refractivity contribution in [2.45, 2.75) is 27.3 Å². The lowest BCUT2D eigenvalue weighted by Crippen LogP contribution is -2.43. The van der Waals surface area contributed by atoms with Gasteiger partial charge < -0.3 is 25.4 Å². The number of guanidine groups is 1. The Morgan fingerprint density at radius 2 is 1.73 bits per heavy atom. The number of hydrogen-bond acceptors (Lipinski definition) is 4. The molecule has 0 unspecified atom stereocenters. The zero-order valence-corrected chi connectivity index (χ0v) is 18.8. The smallest absolute Gasteiger partial charge is 0.225 e. The van der Waals surface area contributed by atoms with Crippen LogP contribution in [0.5, 0.6) is 11.5 Å². The van der Waals surface area contributed by atoms with Crippen molar-refractivity contribution in [1.29, 1.82) is 0 Å². The number of methoxy groups -OCH3 is 2. The van der Waals surface area contributed by atoms with Crippen molar-refractivity contribution in [1.82, 2.24) is 16.0 Å². The SMILES string of the molecule is CN=C(NCCNC(=O)C(C)(C)C)NCc1ccc(OC)cc1OC.I. The minimum Gasteiger partial charge on any atom is -0.497 e. The first kappa shape index (κ1) is 24.3. The van der Waals surface area contributed by atoms with Gasteiger partial charge in [0.25, 0.3) is 0 Å². The molecule has 0 atom stereocenters. The average Bonchev–Trinajstić information content (AvgIpc) is 2.59. The Morgan fingerprint density at radius 3 is 2.27 bits per heavy atom. The first-order valence-electron chi connectivity index (χ1n) is 8.25. The van der Waals surface area contributed by atoms with Crippen molar-refractivity contribution >= 4 is 35.8 Å². The van der Waals surface area contributed by atoms with Crippen LogP contribution in [0.3, 0.4) is 0 Å². The van der Waals surface area contributed by atoms with Crippen LogP contribution in [0.4, 0.5) is 0 Å². The Balaban J connectivity index is 0.00000625. The number of hydrogen-bond donors (Lipinski definition) is 3. The van der Waals surface area contributed by atoms with Gasteiger partial charge >= 0.3 is 0 Å². The summed E-state index contributed by atoms with van der Waals surface area (Å²) in [5.74, 6) is 2.18. The molecule has 0 aliphatic carbocycles. The number of carbonyl (C=O) groups is 1. The fraction of sp³-hybridized carbons (Fsp3) is 0.556. The van der Waals surface area contributed by atoms with E-state index in [1.54, 1.807) is 21.3 Å². The summed E-state index contributed by atoms with van der Waals surface area (Å²) >= 11 is 0. The highest BCUT2D eigenvalue weighted by atomic mass is 127. The summed E-state index contributed by atoms with van der Waals surface area (Å²) in [7, 11) is 4.95. The highest BCUT2D eigenvalue weighted by molar-refractivity contribution is 14.0. The molecule has 8 heteroatoms. The normalized spacial score (nSPS) is 11.2. The third kappa shape index (κ3) is 8.11. The van der Waals surface area contributed by atoms with Gasteiger partial charge in [-0.2, -0.15) is 0 Å². The van der Waals surface area contributed by atoms with Gasteiger partial charge in [-0.15, -0.1) is 24.0 Å². The Hall–Kier alpha value is -1.71. The minimum absolute atomic E-state index is 0. The van der Waals surface area contributed by atoms with Crippen LogP contribution < -0.4 is 25.4 Å². The van der Waals surface area contributed by atoms with Crippen LogP contribution in [0.1, 0.15) is 26.3 Å². The highest BCUT2D eigenvalue weighted by Gasteiger charge is 2.20. The number of nitrogens with zero attached hydrogens (tertiary/aromatic N) is 1. The van der Waals surface area contributed by atoms with Crippen LogP contribution >= 0.6 is 24.0 Å². The molecule has 0 radical (unpaired) electrons. The summed E-state index contributed by atoms with van der Waals surface area (Å²) in [5.41, 5.74) is 0.609. The number of rotatable bonds is 7. The topological polar surface area (TPSA) is 84.0 Å². The van der Waals surface area contributed by atoms with E-state index in [0.29, 0.717) is 25.6 Å². The Labute approximate surface area is 173 Å². The molecule has 1 amide bonds. The molecule has 148 valence electrons. The molecule has 26 heavy (non-hydrogen) atoms. The monoisotopic (exact) mass is 478 g/mol. The fourth-order valence-electron chi connectivity index (χ4n) is 2.02. The van der Waals surface area contributed by atoms with Crippen LogP contribution in [0.2, 0.25) is 0 Å². The second kappa shape index (κ2) is 11.8. The molecular formula is C18H31IN4O3. The Kier molecular flexibility index (Phi) is 11.0. The first-order valence-corrected chi connectivity index (χ1v) is 8.25. The largest absolute Gasteiger partial charge is 0.497 e. The molecule has 0 saturated heterocycles.